The fraction of sp³-hybridized carbons (Fsp3) is 0.133. The fourth-order valence-corrected chi connectivity index (χ4v) is 1.97. The summed E-state index contributed by atoms with van der Waals surface area (Å²) in [5, 5.41) is 3.52. The first-order valence-corrected chi connectivity index (χ1v) is 6.74. The minimum Gasteiger partial charge on any atom is -0.489 e. The van der Waals surface area contributed by atoms with E-state index >= 15 is 0 Å². The molecule has 0 aromatic heterocycles. The summed E-state index contributed by atoms with van der Waals surface area (Å²) in [5.41, 5.74) is 1.50. The van der Waals surface area contributed by atoms with Crippen LogP contribution in [0, 0.1) is 0 Å². The number of benzene rings is 2. The van der Waals surface area contributed by atoms with Crippen molar-refractivity contribution in [3.63, 3.8) is 0 Å². The van der Waals surface area contributed by atoms with Crippen LogP contribution in [0.3, 0.4) is 0 Å². The molecule has 0 heterocycles. The fourth-order valence-electron chi connectivity index (χ4n) is 1.68. The van der Waals surface area contributed by atoms with Crippen LogP contribution in [0.2, 0.25) is 10.0 Å². The zero-order valence-corrected chi connectivity index (χ0v) is 12.3. The third-order valence-corrected chi connectivity index (χ3v) is 3.45. The quantitative estimate of drug-likeness (QED) is 0.929. The lowest BCUT2D eigenvalue weighted by atomic mass is 10.1. The van der Waals surface area contributed by atoms with E-state index in [4.69, 9.17) is 27.9 Å². The molecule has 0 atom stereocenters. The van der Waals surface area contributed by atoms with Gasteiger partial charge in [0.15, 0.2) is 0 Å². The van der Waals surface area contributed by atoms with Gasteiger partial charge >= 0.3 is 0 Å². The second-order valence-corrected chi connectivity index (χ2v) is 4.96. The van der Waals surface area contributed by atoms with Crippen molar-refractivity contribution in [2.24, 2.45) is 0 Å². The zero-order chi connectivity index (χ0) is 14.5. The Morgan fingerprint density at radius 1 is 1.15 bits per heavy atom. The molecule has 0 aliphatic carbocycles. The lowest BCUT2D eigenvalue weighted by Gasteiger charge is -2.08. The Morgan fingerprint density at radius 2 is 1.95 bits per heavy atom. The summed E-state index contributed by atoms with van der Waals surface area (Å²) >= 11 is 11.8. The van der Waals surface area contributed by atoms with Crippen molar-refractivity contribution in [2.45, 2.75) is 6.61 Å². The number of halogens is 2. The molecule has 3 nitrogen and oxygen atoms in total. The molecule has 1 N–H and O–H groups in total. The van der Waals surface area contributed by atoms with Crippen LogP contribution in [-0.2, 0) is 6.61 Å². The molecular formula is C15H13Cl2NO2. The van der Waals surface area contributed by atoms with Crippen molar-refractivity contribution in [1.82, 2.24) is 5.32 Å². The molecule has 0 saturated heterocycles. The third kappa shape index (κ3) is 3.65. The molecule has 0 fully saturated rings. The lowest BCUT2D eigenvalue weighted by molar-refractivity contribution is 0.0963. The van der Waals surface area contributed by atoms with Gasteiger partial charge in [-0.25, -0.2) is 0 Å². The molecular weight excluding hydrogens is 297 g/mol. The summed E-state index contributed by atoms with van der Waals surface area (Å²) in [6, 6.07) is 12.3. The van der Waals surface area contributed by atoms with Crippen LogP contribution < -0.4 is 10.1 Å². The van der Waals surface area contributed by atoms with Crippen molar-refractivity contribution < 1.29 is 9.53 Å². The minimum atomic E-state index is -0.124. The highest BCUT2D eigenvalue weighted by Gasteiger charge is 2.05. The van der Waals surface area contributed by atoms with Crippen molar-refractivity contribution >= 4 is 29.1 Å². The maximum Gasteiger partial charge on any atom is 0.251 e. The van der Waals surface area contributed by atoms with Gasteiger partial charge in [0.1, 0.15) is 12.4 Å². The van der Waals surface area contributed by atoms with Crippen molar-refractivity contribution in [1.29, 1.82) is 0 Å². The van der Waals surface area contributed by atoms with Crippen LogP contribution in [-0.4, -0.2) is 13.0 Å². The van der Waals surface area contributed by atoms with Gasteiger partial charge in [0.2, 0.25) is 0 Å². The molecule has 0 aliphatic rings. The van der Waals surface area contributed by atoms with E-state index in [1.807, 2.05) is 12.1 Å². The molecule has 0 radical (unpaired) electrons. The van der Waals surface area contributed by atoms with Crippen LogP contribution in [0.15, 0.2) is 42.5 Å². The summed E-state index contributed by atoms with van der Waals surface area (Å²) in [7, 11) is 1.60. The van der Waals surface area contributed by atoms with E-state index in [9.17, 15) is 4.79 Å². The van der Waals surface area contributed by atoms with Gasteiger partial charge in [0.05, 0.1) is 10.0 Å². The molecule has 20 heavy (non-hydrogen) atoms. The van der Waals surface area contributed by atoms with Crippen LogP contribution in [0.4, 0.5) is 0 Å². The number of hydrogen-bond acceptors (Lipinski definition) is 2. The molecule has 104 valence electrons. The first kappa shape index (κ1) is 14.7. The van der Waals surface area contributed by atoms with Crippen LogP contribution in [0.1, 0.15) is 15.9 Å². The van der Waals surface area contributed by atoms with Gasteiger partial charge in [-0.1, -0.05) is 35.3 Å². The van der Waals surface area contributed by atoms with Gasteiger partial charge in [-0.3, -0.25) is 4.79 Å². The topological polar surface area (TPSA) is 38.3 Å². The molecule has 2 aromatic rings. The van der Waals surface area contributed by atoms with Gasteiger partial charge in [-0.2, -0.15) is 0 Å². The van der Waals surface area contributed by atoms with E-state index in [0.717, 1.165) is 5.56 Å². The van der Waals surface area contributed by atoms with Crippen molar-refractivity contribution in [3.8, 4) is 5.75 Å². The maximum atomic E-state index is 11.5. The number of amides is 1. The Labute approximate surface area is 127 Å². The standard InChI is InChI=1S/C15H13Cl2NO2/c1-18-15(19)11-4-2-3-10(7-11)9-20-12-5-6-13(16)14(17)8-12/h2-8H,9H2,1H3,(H,18,19). The number of hydrogen-bond donors (Lipinski definition) is 1. The van der Waals surface area contributed by atoms with Gasteiger partial charge in [-0.05, 0) is 29.8 Å². The summed E-state index contributed by atoms with van der Waals surface area (Å²) in [6.45, 7) is 0.350. The van der Waals surface area contributed by atoms with Gasteiger partial charge in [0, 0.05) is 18.7 Å². The Kier molecular flexibility index (Phi) is 4.88. The predicted octanol–water partition coefficient (Wildman–Crippen LogP) is 3.93. The molecule has 5 heteroatoms. The summed E-state index contributed by atoms with van der Waals surface area (Å²) in [5.74, 6) is 0.506. The molecule has 0 aliphatic heterocycles. The SMILES string of the molecule is CNC(=O)c1cccc(COc2ccc(Cl)c(Cl)c2)c1. The predicted molar refractivity (Wildman–Crippen MR) is 80.6 cm³/mol. The maximum absolute atomic E-state index is 11.5. The molecule has 2 aromatic carbocycles. The highest BCUT2D eigenvalue weighted by atomic mass is 35.5. The number of ether oxygens (including phenoxy) is 1. The van der Waals surface area contributed by atoms with Gasteiger partial charge < -0.3 is 10.1 Å². The highest BCUT2D eigenvalue weighted by Crippen LogP contribution is 2.26. The normalized spacial score (nSPS) is 10.2. The minimum absolute atomic E-state index is 0.124. The summed E-state index contributed by atoms with van der Waals surface area (Å²) in [6.07, 6.45) is 0. The van der Waals surface area contributed by atoms with E-state index in [0.29, 0.717) is 28.0 Å². The Morgan fingerprint density at radius 3 is 2.65 bits per heavy atom. The number of carbonyl (C=O) groups excluding carboxylic acids is 1. The van der Waals surface area contributed by atoms with E-state index < -0.39 is 0 Å². The van der Waals surface area contributed by atoms with Crippen molar-refractivity contribution in [3.05, 3.63) is 63.6 Å². The lowest BCUT2D eigenvalue weighted by Crippen LogP contribution is -2.17. The van der Waals surface area contributed by atoms with E-state index in [-0.39, 0.29) is 5.91 Å². The van der Waals surface area contributed by atoms with E-state index in [1.54, 1.807) is 37.4 Å². The molecule has 0 bridgehead atoms. The number of rotatable bonds is 4. The molecule has 0 unspecified atom stereocenters. The smallest absolute Gasteiger partial charge is 0.251 e. The van der Waals surface area contributed by atoms with Crippen LogP contribution in [0.25, 0.3) is 0 Å². The molecule has 0 saturated carbocycles. The second-order valence-electron chi connectivity index (χ2n) is 4.14. The first-order valence-electron chi connectivity index (χ1n) is 5.99. The van der Waals surface area contributed by atoms with E-state index in [1.165, 1.54) is 0 Å². The molecule has 0 spiro atoms. The monoisotopic (exact) mass is 309 g/mol. The first-order chi connectivity index (χ1) is 9.60. The average molecular weight is 310 g/mol. The summed E-state index contributed by atoms with van der Waals surface area (Å²) < 4.78 is 5.62. The van der Waals surface area contributed by atoms with Crippen molar-refractivity contribution in [2.75, 3.05) is 7.05 Å². The number of carbonyl (C=O) groups is 1. The zero-order valence-electron chi connectivity index (χ0n) is 10.8. The van der Waals surface area contributed by atoms with Crippen LogP contribution in [0.5, 0.6) is 5.75 Å². The second kappa shape index (κ2) is 6.64. The Hall–Kier alpha value is -1.71. The number of nitrogens with one attached hydrogen (secondary N) is 1. The highest BCUT2D eigenvalue weighted by molar-refractivity contribution is 6.42. The largest absolute Gasteiger partial charge is 0.489 e. The Balaban J connectivity index is 2.07. The van der Waals surface area contributed by atoms with Gasteiger partial charge in [-0.15, -0.1) is 0 Å². The molecule has 2 rings (SSSR count). The average Bonchev–Trinajstić information content (AvgIpc) is 2.48. The molecule has 1 amide bonds. The third-order valence-electron chi connectivity index (χ3n) is 2.71. The van der Waals surface area contributed by atoms with Crippen LogP contribution >= 0.6 is 23.2 Å². The summed E-state index contributed by atoms with van der Waals surface area (Å²) in [4.78, 5) is 11.5. The Bertz CT molecular complexity index is 629. The van der Waals surface area contributed by atoms with Gasteiger partial charge in [0.25, 0.3) is 5.91 Å². The van der Waals surface area contributed by atoms with E-state index in [2.05, 4.69) is 5.32 Å².